The summed E-state index contributed by atoms with van der Waals surface area (Å²) in [6.07, 6.45) is 4.17. The van der Waals surface area contributed by atoms with E-state index in [0.717, 1.165) is 16.9 Å². The minimum absolute atomic E-state index is 0.111. The van der Waals surface area contributed by atoms with Gasteiger partial charge in [0, 0.05) is 25.4 Å². The van der Waals surface area contributed by atoms with E-state index in [1.54, 1.807) is 35.0 Å². The van der Waals surface area contributed by atoms with Crippen LogP contribution in [-0.4, -0.2) is 32.6 Å². The summed E-state index contributed by atoms with van der Waals surface area (Å²) < 4.78 is 14.7. The van der Waals surface area contributed by atoms with Crippen molar-refractivity contribution in [2.24, 2.45) is 0 Å². The molecular formula is C17H18FN5OS. The highest BCUT2D eigenvalue weighted by Gasteiger charge is 2.20. The average molecular weight is 359 g/mol. The fourth-order valence-electron chi connectivity index (χ4n) is 2.47. The number of anilines is 1. The van der Waals surface area contributed by atoms with Crippen molar-refractivity contribution in [2.45, 2.75) is 19.9 Å². The average Bonchev–Trinajstić information content (AvgIpc) is 3.21. The van der Waals surface area contributed by atoms with Crippen LogP contribution in [0.25, 0.3) is 5.69 Å². The molecule has 0 atom stereocenters. The third kappa shape index (κ3) is 3.69. The molecule has 0 aliphatic rings. The number of carbonyl (C=O) groups is 1. The Labute approximate surface area is 148 Å². The first-order valence-electron chi connectivity index (χ1n) is 7.78. The summed E-state index contributed by atoms with van der Waals surface area (Å²) in [6, 6.07) is 6.06. The lowest BCUT2D eigenvalue weighted by Crippen LogP contribution is -2.26. The van der Waals surface area contributed by atoms with E-state index in [1.807, 2.05) is 13.1 Å². The number of rotatable bonds is 5. The number of benzene rings is 1. The Morgan fingerprint density at radius 1 is 1.36 bits per heavy atom. The van der Waals surface area contributed by atoms with Crippen LogP contribution in [0.5, 0.6) is 0 Å². The maximum Gasteiger partial charge on any atom is 0.265 e. The Morgan fingerprint density at radius 3 is 2.76 bits per heavy atom. The Kier molecular flexibility index (Phi) is 4.80. The predicted molar refractivity (Wildman–Crippen MR) is 95.2 cm³/mol. The minimum atomic E-state index is -0.294. The highest BCUT2D eigenvalue weighted by Crippen LogP contribution is 2.23. The second kappa shape index (κ2) is 7.02. The van der Waals surface area contributed by atoms with Gasteiger partial charge >= 0.3 is 0 Å². The van der Waals surface area contributed by atoms with Crippen LogP contribution in [0.2, 0.25) is 0 Å². The van der Waals surface area contributed by atoms with Gasteiger partial charge in [0.15, 0.2) is 5.13 Å². The number of nitrogens with two attached hydrogens (primary N) is 1. The first-order chi connectivity index (χ1) is 12.0. The van der Waals surface area contributed by atoms with E-state index < -0.39 is 0 Å². The number of hydrogen-bond donors (Lipinski definition) is 1. The maximum atomic E-state index is 13.0. The number of aryl methyl sites for hydroxylation is 1. The van der Waals surface area contributed by atoms with Gasteiger partial charge in [-0.1, -0.05) is 18.3 Å². The molecule has 2 N–H and O–H groups in total. The largest absolute Gasteiger partial charge is 0.375 e. The monoisotopic (exact) mass is 359 g/mol. The summed E-state index contributed by atoms with van der Waals surface area (Å²) in [5.74, 6) is -0.405. The summed E-state index contributed by atoms with van der Waals surface area (Å²) in [7, 11) is 1.73. The van der Waals surface area contributed by atoms with Crippen LogP contribution >= 0.6 is 11.3 Å². The highest BCUT2D eigenvalue weighted by molar-refractivity contribution is 7.17. The molecule has 25 heavy (non-hydrogen) atoms. The maximum absolute atomic E-state index is 13.0. The summed E-state index contributed by atoms with van der Waals surface area (Å²) in [5, 5.41) is 4.67. The number of nitrogen functional groups attached to an aromatic ring is 1. The molecule has 0 aliphatic carbocycles. The normalized spacial score (nSPS) is 10.8. The molecule has 130 valence electrons. The van der Waals surface area contributed by atoms with Crippen LogP contribution in [-0.2, 0) is 13.0 Å². The molecule has 0 saturated heterocycles. The van der Waals surface area contributed by atoms with Gasteiger partial charge in [-0.2, -0.15) is 5.10 Å². The lowest BCUT2D eigenvalue weighted by atomic mass is 10.2. The molecule has 0 unspecified atom stereocenters. The number of hydrogen-bond acceptors (Lipinski definition) is 5. The van der Waals surface area contributed by atoms with Gasteiger partial charge < -0.3 is 10.6 Å². The third-order valence-electron chi connectivity index (χ3n) is 3.74. The zero-order chi connectivity index (χ0) is 18.0. The standard InChI is InChI=1S/C17H18FN5OS/c1-3-14-15(25-17(19)21-14)16(24)22(2)9-11-8-20-23(10-11)13-6-4-12(18)5-7-13/h4-8,10H,3,9H2,1-2H3,(H2,19,21). The molecule has 3 rings (SSSR count). The van der Waals surface area contributed by atoms with E-state index in [2.05, 4.69) is 10.1 Å². The highest BCUT2D eigenvalue weighted by atomic mass is 32.1. The smallest absolute Gasteiger partial charge is 0.265 e. The van der Waals surface area contributed by atoms with Gasteiger partial charge in [0.1, 0.15) is 10.7 Å². The van der Waals surface area contributed by atoms with Crippen molar-refractivity contribution in [3.05, 3.63) is 58.6 Å². The number of nitrogens with zero attached hydrogens (tertiary/aromatic N) is 4. The number of halogens is 1. The summed E-state index contributed by atoms with van der Waals surface area (Å²) in [4.78, 5) is 19.0. The first kappa shape index (κ1) is 17.1. The van der Waals surface area contributed by atoms with Crippen LogP contribution < -0.4 is 5.73 Å². The predicted octanol–water partition coefficient (Wildman–Crippen LogP) is 2.88. The molecule has 1 amide bonds. The molecule has 6 nitrogen and oxygen atoms in total. The van der Waals surface area contributed by atoms with Crippen LogP contribution in [0.15, 0.2) is 36.7 Å². The Morgan fingerprint density at radius 2 is 2.08 bits per heavy atom. The fourth-order valence-corrected chi connectivity index (χ4v) is 3.39. The molecule has 2 aromatic heterocycles. The van der Waals surface area contributed by atoms with Crippen molar-refractivity contribution >= 4 is 22.4 Å². The molecule has 1 aromatic carbocycles. The Hall–Kier alpha value is -2.74. The van der Waals surface area contributed by atoms with Crippen LogP contribution in [0, 0.1) is 5.82 Å². The lowest BCUT2D eigenvalue weighted by Gasteiger charge is -2.15. The molecule has 0 fully saturated rings. The molecule has 0 spiro atoms. The van der Waals surface area contributed by atoms with Crippen LogP contribution in [0.1, 0.15) is 27.9 Å². The van der Waals surface area contributed by atoms with E-state index in [4.69, 9.17) is 5.73 Å². The molecule has 0 radical (unpaired) electrons. The zero-order valence-electron chi connectivity index (χ0n) is 13.9. The number of aromatic nitrogens is 3. The molecule has 0 aliphatic heterocycles. The van der Waals surface area contributed by atoms with Gasteiger partial charge in [0.2, 0.25) is 0 Å². The second-order valence-electron chi connectivity index (χ2n) is 5.61. The van der Waals surface area contributed by atoms with Crippen LogP contribution in [0.4, 0.5) is 9.52 Å². The van der Waals surface area contributed by atoms with Crippen molar-refractivity contribution in [3.8, 4) is 5.69 Å². The SMILES string of the molecule is CCc1nc(N)sc1C(=O)N(C)Cc1cnn(-c2ccc(F)cc2)c1. The molecule has 3 aromatic rings. The van der Waals surface area contributed by atoms with E-state index >= 15 is 0 Å². The van der Waals surface area contributed by atoms with Crippen molar-refractivity contribution in [1.82, 2.24) is 19.7 Å². The van der Waals surface area contributed by atoms with Gasteiger partial charge in [-0.15, -0.1) is 0 Å². The summed E-state index contributed by atoms with van der Waals surface area (Å²) in [5.41, 5.74) is 8.07. The van der Waals surface area contributed by atoms with Crippen LogP contribution in [0.3, 0.4) is 0 Å². The van der Waals surface area contributed by atoms with Gasteiger partial charge in [0.25, 0.3) is 5.91 Å². The molecule has 0 saturated carbocycles. The zero-order valence-corrected chi connectivity index (χ0v) is 14.8. The first-order valence-corrected chi connectivity index (χ1v) is 8.59. The second-order valence-corrected chi connectivity index (χ2v) is 6.64. The van der Waals surface area contributed by atoms with E-state index in [1.165, 1.54) is 23.5 Å². The number of amides is 1. The topological polar surface area (TPSA) is 77.0 Å². The summed E-state index contributed by atoms with van der Waals surface area (Å²) in [6.45, 7) is 2.35. The minimum Gasteiger partial charge on any atom is -0.375 e. The van der Waals surface area contributed by atoms with E-state index in [0.29, 0.717) is 23.0 Å². The van der Waals surface area contributed by atoms with Crippen molar-refractivity contribution < 1.29 is 9.18 Å². The molecule has 8 heteroatoms. The van der Waals surface area contributed by atoms with Gasteiger partial charge in [-0.25, -0.2) is 14.1 Å². The van der Waals surface area contributed by atoms with Gasteiger partial charge in [-0.3, -0.25) is 4.79 Å². The van der Waals surface area contributed by atoms with Gasteiger partial charge in [-0.05, 0) is 30.7 Å². The van der Waals surface area contributed by atoms with E-state index in [-0.39, 0.29) is 11.7 Å². The van der Waals surface area contributed by atoms with E-state index in [9.17, 15) is 9.18 Å². The fraction of sp³-hybridized carbons (Fsp3) is 0.235. The molecule has 0 bridgehead atoms. The third-order valence-corrected chi connectivity index (χ3v) is 4.65. The van der Waals surface area contributed by atoms with Crippen molar-refractivity contribution in [3.63, 3.8) is 0 Å². The Bertz CT molecular complexity index is 887. The quantitative estimate of drug-likeness (QED) is 0.760. The summed E-state index contributed by atoms with van der Waals surface area (Å²) >= 11 is 1.21. The number of carbonyl (C=O) groups excluding carboxylic acids is 1. The number of thiazole rings is 1. The van der Waals surface area contributed by atoms with Gasteiger partial charge in [0.05, 0.1) is 17.6 Å². The molecular weight excluding hydrogens is 341 g/mol. The Balaban J connectivity index is 1.74. The van der Waals surface area contributed by atoms with Crippen molar-refractivity contribution in [1.29, 1.82) is 0 Å². The molecule has 2 heterocycles. The lowest BCUT2D eigenvalue weighted by molar-refractivity contribution is 0.0788. The van der Waals surface area contributed by atoms with Crippen molar-refractivity contribution in [2.75, 3.05) is 12.8 Å².